The van der Waals surface area contributed by atoms with Crippen molar-refractivity contribution < 1.29 is 13.2 Å². The monoisotopic (exact) mass is 300 g/mol. The van der Waals surface area contributed by atoms with Gasteiger partial charge in [0.05, 0.1) is 5.56 Å². The fraction of sp³-hybridized carbons (Fsp3) is 0.625. The van der Waals surface area contributed by atoms with E-state index in [1.807, 2.05) is 6.92 Å². The lowest BCUT2D eigenvalue weighted by Gasteiger charge is -2.24. The maximum absolute atomic E-state index is 13.3. The Bertz CT molecular complexity index is 467. The smallest absolute Gasteiger partial charge is 0.374 e. The van der Waals surface area contributed by atoms with Crippen molar-refractivity contribution in [1.29, 1.82) is 0 Å². The summed E-state index contributed by atoms with van der Waals surface area (Å²) >= 11 is 0. The highest BCUT2D eigenvalue weighted by Crippen LogP contribution is 2.38. The van der Waals surface area contributed by atoms with Crippen LogP contribution < -0.4 is 10.2 Å². The summed E-state index contributed by atoms with van der Waals surface area (Å²) in [7, 11) is 1.75. The van der Waals surface area contributed by atoms with E-state index in [-0.39, 0.29) is 5.69 Å². The van der Waals surface area contributed by atoms with Crippen LogP contribution in [-0.4, -0.2) is 20.1 Å². The Morgan fingerprint density at radius 2 is 2.00 bits per heavy atom. The average molecular weight is 300 g/mol. The molecular weight excluding hydrogens is 277 g/mol. The van der Waals surface area contributed by atoms with E-state index >= 15 is 0 Å². The van der Waals surface area contributed by atoms with Gasteiger partial charge in [0.15, 0.2) is 0 Å². The minimum absolute atomic E-state index is 0.286. The van der Waals surface area contributed by atoms with Crippen LogP contribution in [0, 0.1) is 5.92 Å². The third-order valence-corrected chi connectivity index (χ3v) is 3.76. The third-order valence-electron chi connectivity index (χ3n) is 3.76. The summed E-state index contributed by atoms with van der Waals surface area (Å²) in [5.41, 5.74) is 0.439. The molecule has 0 aromatic heterocycles. The van der Waals surface area contributed by atoms with Crippen molar-refractivity contribution in [3.63, 3.8) is 0 Å². The highest BCUT2D eigenvalue weighted by Gasteiger charge is 2.35. The lowest BCUT2D eigenvalue weighted by Crippen LogP contribution is -2.24. The molecule has 21 heavy (non-hydrogen) atoms. The lowest BCUT2D eigenvalue weighted by molar-refractivity contribution is -0.137. The van der Waals surface area contributed by atoms with Crippen LogP contribution in [0.5, 0.6) is 0 Å². The first kappa shape index (κ1) is 16.1. The van der Waals surface area contributed by atoms with Gasteiger partial charge in [-0.05, 0) is 49.4 Å². The molecule has 1 aromatic rings. The van der Waals surface area contributed by atoms with Gasteiger partial charge in [0, 0.05) is 25.8 Å². The van der Waals surface area contributed by atoms with E-state index in [1.165, 1.54) is 6.07 Å². The molecule has 0 saturated heterocycles. The zero-order valence-corrected chi connectivity index (χ0v) is 12.6. The summed E-state index contributed by atoms with van der Waals surface area (Å²) in [5, 5.41) is 3.14. The van der Waals surface area contributed by atoms with E-state index in [0.717, 1.165) is 25.8 Å². The average Bonchev–Trinajstić information content (AvgIpc) is 3.22. The molecule has 118 valence electrons. The molecule has 0 unspecified atom stereocenters. The van der Waals surface area contributed by atoms with Crippen LogP contribution in [0.3, 0.4) is 0 Å². The molecule has 1 saturated carbocycles. The van der Waals surface area contributed by atoms with Gasteiger partial charge in [-0.15, -0.1) is 0 Å². The van der Waals surface area contributed by atoms with Crippen LogP contribution in [0.2, 0.25) is 0 Å². The van der Waals surface area contributed by atoms with Crippen LogP contribution in [0.15, 0.2) is 18.2 Å². The number of alkyl halides is 3. The van der Waals surface area contributed by atoms with Crippen LogP contribution in [0.1, 0.15) is 37.3 Å². The number of hydrogen-bond donors (Lipinski definition) is 1. The first-order chi connectivity index (χ1) is 9.91. The predicted molar refractivity (Wildman–Crippen MR) is 79.4 cm³/mol. The molecule has 1 N–H and O–H groups in total. The van der Waals surface area contributed by atoms with E-state index in [9.17, 15) is 13.2 Å². The van der Waals surface area contributed by atoms with Crippen molar-refractivity contribution in [2.75, 3.05) is 25.0 Å². The van der Waals surface area contributed by atoms with Crippen LogP contribution in [0.4, 0.5) is 18.9 Å². The highest BCUT2D eigenvalue weighted by atomic mass is 19.4. The summed E-state index contributed by atoms with van der Waals surface area (Å²) in [6.07, 6.45) is -1.09. The first-order valence-corrected chi connectivity index (χ1v) is 7.53. The van der Waals surface area contributed by atoms with Crippen molar-refractivity contribution >= 4 is 5.69 Å². The van der Waals surface area contributed by atoms with Gasteiger partial charge in [0.2, 0.25) is 0 Å². The molecule has 1 aromatic carbocycles. The molecule has 5 heteroatoms. The maximum atomic E-state index is 13.3. The summed E-state index contributed by atoms with van der Waals surface area (Å²) in [5.74, 6) is 0.557. The van der Waals surface area contributed by atoms with Crippen molar-refractivity contribution in [1.82, 2.24) is 5.32 Å². The van der Waals surface area contributed by atoms with Crippen molar-refractivity contribution in [2.45, 2.75) is 38.9 Å². The lowest BCUT2D eigenvalue weighted by atomic mass is 10.1. The summed E-state index contributed by atoms with van der Waals surface area (Å²) in [6.45, 7) is 4.02. The maximum Gasteiger partial charge on any atom is 0.418 e. The molecule has 1 fully saturated rings. The van der Waals surface area contributed by atoms with Crippen molar-refractivity contribution in [3.8, 4) is 0 Å². The van der Waals surface area contributed by atoms with E-state index in [1.54, 1.807) is 24.1 Å². The molecule has 0 heterocycles. The number of halogens is 3. The molecule has 1 aliphatic rings. The molecule has 0 atom stereocenters. The number of benzene rings is 1. The largest absolute Gasteiger partial charge is 0.418 e. The SMILES string of the molecule is CCCNCc1ccc(N(C)CC2CC2)c(C(F)(F)F)c1. The minimum atomic E-state index is -4.31. The predicted octanol–water partition coefficient (Wildman–Crippen LogP) is 4.05. The van der Waals surface area contributed by atoms with E-state index in [0.29, 0.717) is 24.6 Å². The standard InChI is InChI=1S/C16H23F3N2/c1-3-8-20-10-13-6-7-15(14(9-13)16(17,18)19)21(2)11-12-4-5-12/h6-7,9,12,20H,3-5,8,10-11H2,1-2H3. The second kappa shape index (κ2) is 6.69. The number of hydrogen-bond acceptors (Lipinski definition) is 2. The molecule has 0 radical (unpaired) electrons. The molecule has 0 aliphatic heterocycles. The summed E-state index contributed by atoms with van der Waals surface area (Å²) < 4.78 is 39.8. The van der Waals surface area contributed by atoms with Gasteiger partial charge in [-0.25, -0.2) is 0 Å². The molecule has 0 spiro atoms. The van der Waals surface area contributed by atoms with Gasteiger partial charge < -0.3 is 10.2 Å². The van der Waals surface area contributed by atoms with Crippen LogP contribution >= 0.6 is 0 Å². The van der Waals surface area contributed by atoms with Gasteiger partial charge in [-0.3, -0.25) is 0 Å². The molecule has 1 aliphatic carbocycles. The number of nitrogens with one attached hydrogen (secondary N) is 1. The molecule has 2 nitrogen and oxygen atoms in total. The van der Waals surface area contributed by atoms with Gasteiger partial charge >= 0.3 is 6.18 Å². The molecular formula is C16H23F3N2. The third kappa shape index (κ3) is 4.63. The van der Waals surface area contributed by atoms with Crippen molar-refractivity contribution in [3.05, 3.63) is 29.3 Å². The Morgan fingerprint density at radius 3 is 2.57 bits per heavy atom. The Kier molecular flexibility index (Phi) is 5.14. The first-order valence-electron chi connectivity index (χ1n) is 7.53. The fourth-order valence-electron chi connectivity index (χ4n) is 2.45. The van der Waals surface area contributed by atoms with Gasteiger partial charge in [-0.1, -0.05) is 13.0 Å². The normalized spacial score (nSPS) is 15.3. The van der Waals surface area contributed by atoms with E-state index < -0.39 is 11.7 Å². The van der Waals surface area contributed by atoms with Gasteiger partial charge in [-0.2, -0.15) is 13.2 Å². The number of rotatable bonds is 7. The summed E-state index contributed by atoms with van der Waals surface area (Å²) in [6, 6.07) is 4.67. The van der Waals surface area contributed by atoms with E-state index in [4.69, 9.17) is 0 Å². The second-order valence-electron chi connectivity index (χ2n) is 5.85. The number of anilines is 1. The quantitative estimate of drug-likeness (QED) is 0.764. The van der Waals surface area contributed by atoms with Gasteiger partial charge in [0.25, 0.3) is 0 Å². The minimum Gasteiger partial charge on any atom is -0.374 e. The Balaban J connectivity index is 2.18. The van der Waals surface area contributed by atoms with E-state index in [2.05, 4.69) is 5.32 Å². The Morgan fingerprint density at radius 1 is 1.29 bits per heavy atom. The van der Waals surface area contributed by atoms with Crippen LogP contribution in [-0.2, 0) is 12.7 Å². The second-order valence-corrected chi connectivity index (χ2v) is 5.85. The zero-order valence-electron chi connectivity index (χ0n) is 12.6. The number of nitrogens with zero attached hydrogens (tertiary/aromatic N) is 1. The topological polar surface area (TPSA) is 15.3 Å². The van der Waals surface area contributed by atoms with Crippen LogP contribution in [0.25, 0.3) is 0 Å². The Labute approximate surface area is 124 Å². The molecule has 0 bridgehead atoms. The molecule has 0 amide bonds. The summed E-state index contributed by atoms with van der Waals surface area (Å²) in [4.78, 5) is 1.74. The Hall–Kier alpha value is -1.23. The fourth-order valence-corrected chi connectivity index (χ4v) is 2.45. The van der Waals surface area contributed by atoms with Crippen molar-refractivity contribution in [2.24, 2.45) is 5.92 Å². The van der Waals surface area contributed by atoms with Gasteiger partial charge in [0.1, 0.15) is 0 Å². The molecule has 2 rings (SSSR count). The zero-order chi connectivity index (χ0) is 15.5. The highest BCUT2D eigenvalue weighted by molar-refractivity contribution is 5.56.